The molecule has 0 radical (unpaired) electrons. The van der Waals surface area contributed by atoms with Crippen LogP contribution in [0.3, 0.4) is 0 Å². The summed E-state index contributed by atoms with van der Waals surface area (Å²) in [7, 11) is 4.06. The summed E-state index contributed by atoms with van der Waals surface area (Å²) in [6, 6.07) is 5.03. The zero-order valence-electron chi connectivity index (χ0n) is 12.6. The second kappa shape index (κ2) is 5.34. The average Bonchev–Trinajstić information content (AvgIpc) is 2.69. The molecule has 5 heteroatoms. The molecule has 0 aliphatic carbocycles. The molecule has 0 N–H and O–H groups in total. The zero-order chi connectivity index (χ0) is 15.1. The van der Waals surface area contributed by atoms with Gasteiger partial charge in [0.05, 0.1) is 10.9 Å². The van der Waals surface area contributed by atoms with E-state index in [1.807, 2.05) is 31.7 Å². The fourth-order valence-electron chi connectivity index (χ4n) is 2.13. The average molecular weight is 298 g/mol. The lowest BCUT2D eigenvalue weighted by Gasteiger charge is -2.33. The number of nitrogens with zero attached hydrogens (tertiary/aromatic N) is 3. The number of rotatable bonds is 4. The number of benzene rings is 1. The first kappa shape index (κ1) is 15.3. The van der Waals surface area contributed by atoms with Gasteiger partial charge in [0.15, 0.2) is 5.82 Å². The van der Waals surface area contributed by atoms with E-state index in [0.717, 1.165) is 5.52 Å². The molecule has 3 nitrogen and oxygen atoms in total. The summed E-state index contributed by atoms with van der Waals surface area (Å²) in [5.41, 5.74) is 1.10. The Bertz CT molecular complexity index is 617. The Kier molecular flexibility index (Phi) is 4.07. The second-order valence-corrected chi connectivity index (χ2v) is 6.64. The highest BCUT2D eigenvalue weighted by molar-refractivity contribution is 6.20. The summed E-state index contributed by atoms with van der Waals surface area (Å²) in [4.78, 5) is 6.53. The molecule has 0 aliphatic rings. The quantitative estimate of drug-likeness (QED) is 0.800. The van der Waals surface area contributed by atoms with Gasteiger partial charge in [-0.05, 0) is 47.0 Å². The van der Waals surface area contributed by atoms with Gasteiger partial charge in [-0.2, -0.15) is 0 Å². The molecule has 0 amide bonds. The summed E-state index contributed by atoms with van der Waals surface area (Å²) >= 11 is 6.22. The molecule has 1 unspecified atom stereocenters. The van der Waals surface area contributed by atoms with Gasteiger partial charge in [0, 0.05) is 12.1 Å². The van der Waals surface area contributed by atoms with Crippen LogP contribution in [-0.2, 0) is 6.54 Å². The third-order valence-electron chi connectivity index (χ3n) is 3.87. The van der Waals surface area contributed by atoms with Gasteiger partial charge >= 0.3 is 0 Å². The van der Waals surface area contributed by atoms with Crippen LogP contribution in [0.15, 0.2) is 18.2 Å². The summed E-state index contributed by atoms with van der Waals surface area (Å²) < 4.78 is 15.9. The van der Waals surface area contributed by atoms with Gasteiger partial charge in [-0.3, -0.25) is 0 Å². The molecule has 0 fully saturated rings. The van der Waals surface area contributed by atoms with Crippen molar-refractivity contribution in [1.29, 1.82) is 0 Å². The van der Waals surface area contributed by atoms with E-state index < -0.39 is 0 Å². The molecule has 0 aliphatic heterocycles. The summed E-state index contributed by atoms with van der Waals surface area (Å²) in [5.74, 6) is 0.407. The third-order valence-corrected chi connectivity index (χ3v) is 4.07. The monoisotopic (exact) mass is 297 g/mol. The Balaban J connectivity index is 2.61. The van der Waals surface area contributed by atoms with E-state index in [0.29, 0.717) is 17.9 Å². The number of hydrogen-bond donors (Lipinski definition) is 0. The summed E-state index contributed by atoms with van der Waals surface area (Å²) in [5, 5.41) is -0.264. The van der Waals surface area contributed by atoms with Crippen LogP contribution >= 0.6 is 11.6 Å². The molecule has 1 aromatic heterocycles. The maximum atomic E-state index is 13.9. The third kappa shape index (κ3) is 2.67. The molecule has 2 rings (SSSR count). The van der Waals surface area contributed by atoms with E-state index >= 15 is 0 Å². The molecule has 0 saturated carbocycles. The number of imidazole rings is 1. The molecule has 2 aromatic rings. The molecule has 0 spiro atoms. The van der Waals surface area contributed by atoms with Crippen molar-refractivity contribution in [3.05, 3.63) is 29.8 Å². The minimum atomic E-state index is -0.303. The standard InChI is InChI=1S/C15H21ClFN3/c1-10(16)14-18-13-11(17)7-6-8-12(13)20(14)9-15(2,3)19(4)5/h6-8,10H,9H2,1-5H3. The Labute approximate surface area is 124 Å². The predicted molar refractivity (Wildman–Crippen MR) is 81.7 cm³/mol. The minimum Gasteiger partial charge on any atom is -0.325 e. The van der Waals surface area contributed by atoms with Gasteiger partial charge in [-0.25, -0.2) is 9.37 Å². The van der Waals surface area contributed by atoms with Crippen LogP contribution in [0.2, 0.25) is 0 Å². The molecule has 1 heterocycles. The second-order valence-electron chi connectivity index (χ2n) is 5.99. The van der Waals surface area contributed by atoms with Crippen molar-refractivity contribution in [3.63, 3.8) is 0 Å². The molecule has 1 aromatic carbocycles. The normalized spacial score (nSPS) is 14.2. The van der Waals surface area contributed by atoms with E-state index in [1.165, 1.54) is 6.07 Å². The van der Waals surface area contributed by atoms with E-state index in [-0.39, 0.29) is 16.7 Å². The molecule has 110 valence electrons. The van der Waals surface area contributed by atoms with Gasteiger partial charge in [0.25, 0.3) is 0 Å². The number of halogens is 2. The smallest absolute Gasteiger partial charge is 0.151 e. The van der Waals surface area contributed by atoms with Crippen molar-refractivity contribution in [3.8, 4) is 0 Å². The number of alkyl halides is 1. The highest BCUT2D eigenvalue weighted by atomic mass is 35.5. The van der Waals surface area contributed by atoms with Crippen LogP contribution in [0.25, 0.3) is 11.0 Å². The largest absolute Gasteiger partial charge is 0.325 e. The van der Waals surface area contributed by atoms with Gasteiger partial charge in [-0.15, -0.1) is 11.6 Å². The van der Waals surface area contributed by atoms with Crippen molar-refractivity contribution in [2.75, 3.05) is 14.1 Å². The number of para-hydroxylation sites is 1. The first-order chi connectivity index (χ1) is 9.24. The van der Waals surface area contributed by atoms with Crippen LogP contribution in [-0.4, -0.2) is 34.1 Å². The first-order valence-electron chi connectivity index (χ1n) is 6.70. The predicted octanol–water partition coefficient (Wildman–Crippen LogP) is 3.82. The Morgan fingerprint density at radius 2 is 2.05 bits per heavy atom. The Hall–Kier alpha value is -1.13. The topological polar surface area (TPSA) is 21.1 Å². The van der Waals surface area contributed by atoms with Crippen LogP contribution in [0.4, 0.5) is 4.39 Å². The Morgan fingerprint density at radius 1 is 1.40 bits per heavy atom. The van der Waals surface area contributed by atoms with Gasteiger partial charge in [0.1, 0.15) is 11.3 Å². The van der Waals surface area contributed by atoms with Crippen molar-refractivity contribution in [2.24, 2.45) is 0 Å². The van der Waals surface area contributed by atoms with Crippen LogP contribution in [0.1, 0.15) is 32.0 Å². The van der Waals surface area contributed by atoms with Gasteiger partial charge in [-0.1, -0.05) is 6.07 Å². The fourth-order valence-corrected chi connectivity index (χ4v) is 2.30. The maximum absolute atomic E-state index is 13.9. The lowest BCUT2D eigenvalue weighted by molar-refractivity contribution is 0.170. The molecule has 20 heavy (non-hydrogen) atoms. The molecule has 1 atom stereocenters. The molecule has 0 bridgehead atoms. The highest BCUT2D eigenvalue weighted by Gasteiger charge is 2.25. The van der Waals surface area contributed by atoms with E-state index in [9.17, 15) is 4.39 Å². The minimum absolute atomic E-state index is 0.0829. The van der Waals surface area contributed by atoms with Gasteiger partial charge in [0.2, 0.25) is 0 Å². The summed E-state index contributed by atoms with van der Waals surface area (Å²) in [6.45, 7) is 6.84. The summed E-state index contributed by atoms with van der Waals surface area (Å²) in [6.07, 6.45) is 0. The molecular weight excluding hydrogens is 277 g/mol. The van der Waals surface area contributed by atoms with E-state index in [2.05, 4.69) is 23.7 Å². The van der Waals surface area contributed by atoms with Crippen molar-refractivity contribution < 1.29 is 4.39 Å². The fraction of sp³-hybridized carbons (Fsp3) is 0.533. The van der Waals surface area contributed by atoms with Crippen LogP contribution in [0.5, 0.6) is 0 Å². The highest BCUT2D eigenvalue weighted by Crippen LogP contribution is 2.28. The number of fused-ring (bicyclic) bond motifs is 1. The molecule has 0 saturated heterocycles. The van der Waals surface area contributed by atoms with E-state index in [4.69, 9.17) is 11.6 Å². The maximum Gasteiger partial charge on any atom is 0.151 e. The number of likely N-dealkylation sites (N-methyl/N-ethyl adjacent to an activating group) is 1. The Morgan fingerprint density at radius 3 is 2.60 bits per heavy atom. The van der Waals surface area contributed by atoms with Gasteiger partial charge < -0.3 is 9.47 Å². The van der Waals surface area contributed by atoms with E-state index in [1.54, 1.807) is 6.07 Å². The van der Waals surface area contributed by atoms with Crippen molar-refractivity contribution in [1.82, 2.24) is 14.5 Å². The number of hydrogen-bond acceptors (Lipinski definition) is 2. The van der Waals surface area contributed by atoms with Crippen molar-refractivity contribution in [2.45, 2.75) is 38.2 Å². The SMILES string of the molecule is CC(Cl)c1nc2c(F)cccc2n1CC(C)(C)N(C)C. The zero-order valence-corrected chi connectivity index (χ0v) is 13.4. The van der Waals surface area contributed by atoms with Crippen LogP contribution in [0, 0.1) is 5.82 Å². The van der Waals surface area contributed by atoms with Crippen LogP contribution < -0.4 is 0 Å². The number of aromatic nitrogens is 2. The first-order valence-corrected chi connectivity index (χ1v) is 7.14. The van der Waals surface area contributed by atoms with Crippen molar-refractivity contribution >= 4 is 22.6 Å². The lowest BCUT2D eigenvalue weighted by Crippen LogP contribution is -2.42. The molecular formula is C15H21ClFN3. The lowest BCUT2D eigenvalue weighted by atomic mass is 10.0.